The van der Waals surface area contributed by atoms with Crippen LogP contribution in [-0.4, -0.2) is 43.5 Å². The van der Waals surface area contributed by atoms with Crippen molar-refractivity contribution >= 4 is 23.7 Å². The molecule has 0 aliphatic rings. The van der Waals surface area contributed by atoms with Crippen molar-refractivity contribution in [1.29, 1.82) is 0 Å². The number of hydrogen-bond donors (Lipinski definition) is 0. The summed E-state index contributed by atoms with van der Waals surface area (Å²) in [5, 5.41) is 0. The first kappa shape index (κ1) is 38.1. The molecular weight excluding hydrogens is 508 g/mol. The number of ketones is 1. The fourth-order valence-corrected chi connectivity index (χ4v) is 4.98. The van der Waals surface area contributed by atoms with Gasteiger partial charge in [-0.2, -0.15) is 0 Å². The van der Waals surface area contributed by atoms with E-state index < -0.39 is 18.0 Å². The van der Waals surface area contributed by atoms with Crippen LogP contribution < -0.4 is 0 Å². The van der Waals surface area contributed by atoms with E-state index in [-0.39, 0.29) is 5.97 Å². The summed E-state index contributed by atoms with van der Waals surface area (Å²) in [6, 6.07) is 0. The van der Waals surface area contributed by atoms with Crippen LogP contribution in [0.15, 0.2) is 0 Å². The number of carbonyl (C=O) groups is 4. The van der Waals surface area contributed by atoms with Crippen molar-refractivity contribution < 1.29 is 33.4 Å². The Bertz CT molecular complexity index is 647. The van der Waals surface area contributed by atoms with E-state index in [1.54, 1.807) is 0 Å². The molecule has 40 heavy (non-hydrogen) atoms. The molecule has 0 aromatic rings. The summed E-state index contributed by atoms with van der Waals surface area (Å²) in [4.78, 5) is 45.3. The third kappa shape index (κ3) is 27.6. The summed E-state index contributed by atoms with van der Waals surface area (Å²) < 4.78 is 14.6. The highest BCUT2D eigenvalue weighted by Gasteiger charge is 2.21. The van der Waals surface area contributed by atoms with Gasteiger partial charge in [0.05, 0.1) is 13.7 Å². The van der Waals surface area contributed by atoms with E-state index in [2.05, 4.69) is 0 Å². The van der Waals surface area contributed by atoms with E-state index in [0.29, 0.717) is 31.7 Å². The van der Waals surface area contributed by atoms with E-state index in [0.717, 1.165) is 44.9 Å². The smallest absolute Gasteiger partial charge is 0.347 e. The van der Waals surface area contributed by atoms with E-state index in [9.17, 15) is 19.2 Å². The molecule has 0 N–H and O–H groups in total. The highest BCUT2D eigenvalue weighted by molar-refractivity contribution is 5.78. The number of hydrogen-bond acceptors (Lipinski definition) is 7. The molecule has 0 spiro atoms. The van der Waals surface area contributed by atoms with Crippen LogP contribution in [0.5, 0.6) is 0 Å². The van der Waals surface area contributed by atoms with Gasteiger partial charge in [-0.05, 0) is 32.1 Å². The molecule has 0 heterocycles. The average molecular weight is 569 g/mol. The van der Waals surface area contributed by atoms with Gasteiger partial charge in [0.15, 0.2) is 6.10 Å². The van der Waals surface area contributed by atoms with Gasteiger partial charge in [-0.25, -0.2) is 4.79 Å². The Morgan fingerprint density at radius 2 is 0.875 bits per heavy atom. The van der Waals surface area contributed by atoms with Crippen LogP contribution in [-0.2, 0) is 33.4 Å². The number of methoxy groups -OCH3 is 1. The highest BCUT2D eigenvalue weighted by Crippen LogP contribution is 2.16. The zero-order valence-electron chi connectivity index (χ0n) is 26.1. The second-order valence-corrected chi connectivity index (χ2v) is 11.2. The number of carbonyl (C=O) groups excluding carboxylic acids is 4. The van der Waals surface area contributed by atoms with Gasteiger partial charge in [-0.3, -0.25) is 14.4 Å². The van der Waals surface area contributed by atoms with Crippen molar-refractivity contribution in [3.05, 3.63) is 0 Å². The van der Waals surface area contributed by atoms with Gasteiger partial charge in [0.1, 0.15) is 5.78 Å². The monoisotopic (exact) mass is 568 g/mol. The fraction of sp³-hybridized carbons (Fsp3) is 0.879. The van der Waals surface area contributed by atoms with Gasteiger partial charge in [0, 0.05) is 26.7 Å². The third-order valence-electron chi connectivity index (χ3n) is 7.35. The second kappa shape index (κ2) is 28.6. The van der Waals surface area contributed by atoms with Crippen molar-refractivity contribution in [2.45, 2.75) is 174 Å². The van der Waals surface area contributed by atoms with Crippen LogP contribution >= 0.6 is 0 Å². The number of Topliss-reactive ketones (excluding diaryl/α,β-unsaturated/α-hetero) is 1. The molecule has 0 bridgehead atoms. The maximum absolute atomic E-state index is 11.9. The van der Waals surface area contributed by atoms with Crippen LogP contribution in [0.2, 0.25) is 0 Å². The van der Waals surface area contributed by atoms with Gasteiger partial charge in [-0.1, -0.05) is 109 Å². The maximum Gasteiger partial charge on any atom is 0.347 e. The molecule has 0 saturated heterocycles. The molecule has 0 aliphatic heterocycles. The molecule has 234 valence electrons. The number of rotatable bonds is 29. The molecule has 0 amide bonds. The first-order valence-corrected chi connectivity index (χ1v) is 16.3. The van der Waals surface area contributed by atoms with E-state index in [4.69, 9.17) is 14.2 Å². The topological polar surface area (TPSA) is 96.0 Å². The van der Waals surface area contributed by atoms with Crippen LogP contribution in [0, 0.1) is 0 Å². The molecule has 1 unspecified atom stereocenters. The van der Waals surface area contributed by atoms with Gasteiger partial charge in [0.2, 0.25) is 0 Å². The predicted molar refractivity (Wildman–Crippen MR) is 160 cm³/mol. The zero-order valence-corrected chi connectivity index (χ0v) is 26.1. The second-order valence-electron chi connectivity index (χ2n) is 11.2. The average Bonchev–Trinajstić information content (AvgIpc) is 2.92. The lowest BCUT2D eigenvalue weighted by molar-refractivity contribution is -0.165. The molecule has 7 nitrogen and oxygen atoms in total. The molecule has 7 heteroatoms. The van der Waals surface area contributed by atoms with Crippen LogP contribution in [0.4, 0.5) is 0 Å². The fourth-order valence-electron chi connectivity index (χ4n) is 4.98. The standard InChI is InChI=1S/C33H60O7/c1-29(34)39-28-24-23-26-31(36)25-21-19-17-15-13-11-9-7-5-4-6-8-10-12-14-16-18-20-22-27-32(33(37)38-3)40-30(2)35/h32H,4-28H2,1-3H3. The maximum atomic E-state index is 11.9. The minimum absolute atomic E-state index is 0.250. The molecule has 0 radical (unpaired) electrons. The number of unbranched alkanes of at least 4 members (excludes halogenated alkanes) is 19. The van der Waals surface area contributed by atoms with Gasteiger partial charge >= 0.3 is 17.9 Å². The van der Waals surface area contributed by atoms with Crippen molar-refractivity contribution in [3.8, 4) is 0 Å². The summed E-state index contributed by atoms with van der Waals surface area (Å²) >= 11 is 0. The molecule has 0 aromatic heterocycles. The summed E-state index contributed by atoms with van der Waals surface area (Å²) in [6.07, 6.45) is 26.5. The lowest BCUT2D eigenvalue weighted by atomic mass is 10.0. The van der Waals surface area contributed by atoms with Gasteiger partial charge < -0.3 is 14.2 Å². The Morgan fingerprint density at radius 1 is 0.500 bits per heavy atom. The predicted octanol–water partition coefficient (Wildman–Crippen LogP) is 8.59. The zero-order chi connectivity index (χ0) is 29.7. The highest BCUT2D eigenvalue weighted by atomic mass is 16.6. The van der Waals surface area contributed by atoms with Crippen molar-refractivity contribution in [2.75, 3.05) is 13.7 Å². The van der Waals surface area contributed by atoms with E-state index in [1.165, 1.54) is 111 Å². The molecule has 0 aliphatic carbocycles. The summed E-state index contributed by atoms with van der Waals surface area (Å²) in [7, 11) is 1.32. The molecular formula is C33H60O7. The number of esters is 3. The van der Waals surface area contributed by atoms with Crippen molar-refractivity contribution in [3.63, 3.8) is 0 Å². The summed E-state index contributed by atoms with van der Waals surface area (Å²) in [6.45, 7) is 3.16. The van der Waals surface area contributed by atoms with Crippen molar-refractivity contribution in [1.82, 2.24) is 0 Å². The number of ether oxygens (including phenoxy) is 3. The van der Waals surface area contributed by atoms with Crippen LogP contribution in [0.3, 0.4) is 0 Å². The molecule has 1 atom stereocenters. The Balaban J connectivity index is 3.29. The van der Waals surface area contributed by atoms with Crippen LogP contribution in [0.25, 0.3) is 0 Å². The Morgan fingerprint density at radius 3 is 1.25 bits per heavy atom. The first-order chi connectivity index (χ1) is 19.4. The molecule has 0 aromatic carbocycles. The lowest BCUT2D eigenvalue weighted by Crippen LogP contribution is -2.27. The SMILES string of the molecule is COC(=O)C(CCCCCCCCCCCCCCCCCCCCCC(=O)CCCCOC(C)=O)OC(C)=O. The minimum atomic E-state index is -0.758. The molecule has 0 rings (SSSR count). The van der Waals surface area contributed by atoms with Gasteiger partial charge in [-0.15, -0.1) is 0 Å². The van der Waals surface area contributed by atoms with Gasteiger partial charge in [0.25, 0.3) is 0 Å². The normalized spacial score (nSPS) is 11.7. The van der Waals surface area contributed by atoms with Crippen molar-refractivity contribution in [2.24, 2.45) is 0 Å². The lowest BCUT2D eigenvalue weighted by Gasteiger charge is -2.14. The largest absolute Gasteiger partial charge is 0.466 e. The van der Waals surface area contributed by atoms with E-state index >= 15 is 0 Å². The third-order valence-corrected chi connectivity index (χ3v) is 7.35. The molecule has 0 fully saturated rings. The summed E-state index contributed by atoms with van der Waals surface area (Å²) in [5.41, 5.74) is 0. The van der Waals surface area contributed by atoms with E-state index in [1.807, 2.05) is 0 Å². The Kier molecular flexibility index (Phi) is 27.2. The quantitative estimate of drug-likeness (QED) is 0.0506. The molecule has 0 saturated carbocycles. The van der Waals surface area contributed by atoms with Crippen LogP contribution in [0.1, 0.15) is 168 Å². The Labute approximate surface area is 244 Å². The Hall–Kier alpha value is -1.92. The summed E-state index contributed by atoms with van der Waals surface area (Å²) in [5.74, 6) is -0.809. The first-order valence-electron chi connectivity index (χ1n) is 16.3. The minimum Gasteiger partial charge on any atom is -0.466 e.